The van der Waals surface area contributed by atoms with E-state index in [-0.39, 0.29) is 35.8 Å². The zero-order valence-electron chi connectivity index (χ0n) is 15.3. The number of piperidine rings is 2. The van der Waals surface area contributed by atoms with Crippen LogP contribution in [0, 0.1) is 5.92 Å². The monoisotopic (exact) mass is 394 g/mol. The largest absolute Gasteiger partial charge is 0.369 e. The highest BCUT2D eigenvalue weighted by Crippen LogP contribution is 2.24. The zero-order valence-corrected chi connectivity index (χ0v) is 16.1. The van der Waals surface area contributed by atoms with Crippen molar-refractivity contribution >= 4 is 27.6 Å². The first-order valence-corrected chi connectivity index (χ1v) is 10.8. The molecule has 1 aromatic rings. The summed E-state index contributed by atoms with van der Waals surface area (Å²) in [6.45, 7) is 2.06. The third-order valence-electron chi connectivity index (χ3n) is 5.24. The van der Waals surface area contributed by atoms with Crippen LogP contribution in [-0.2, 0) is 14.8 Å². The fourth-order valence-electron chi connectivity index (χ4n) is 3.54. The lowest BCUT2D eigenvalue weighted by Crippen LogP contribution is -2.41. The van der Waals surface area contributed by atoms with Crippen LogP contribution in [0.3, 0.4) is 0 Å². The van der Waals surface area contributed by atoms with Crippen molar-refractivity contribution in [3.63, 3.8) is 0 Å². The first-order chi connectivity index (χ1) is 12.9. The number of nitrogens with zero attached hydrogens (tertiary/aromatic N) is 2. The van der Waals surface area contributed by atoms with Crippen LogP contribution < -0.4 is 11.1 Å². The molecule has 148 valence electrons. The van der Waals surface area contributed by atoms with Crippen LogP contribution in [0.2, 0.25) is 0 Å². The molecule has 0 bridgehead atoms. The van der Waals surface area contributed by atoms with Gasteiger partial charge in [0.15, 0.2) is 0 Å². The van der Waals surface area contributed by atoms with Crippen LogP contribution in [0.4, 0.5) is 10.5 Å². The lowest BCUT2D eigenvalue weighted by Gasteiger charge is -2.29. The van der Waals surface area contributed by atoms with Gasteiger partial charge in [0.1, 0.15) is 0 Å². The molecule has 3 amide bonds. The summed E-state index contributed by atoms with van der Waals surface area (Å²) in [5, 5.41) is 2.82. The van der Waals surface area contributed by atoms with Crippen molar-refractivity contribution in [2.75, 3.05) is 31.5 Å². The van der Waals surface area contributed by atoms with Crippen LogP contribution >= 0.6 is 0 Å². The summed E-state index contributed by atoms with van der Waals surface area (Å²) in [7, 11) is -3.62. The number of nitrogens with two attached hydrogens (primary N) is 1. The molecule has 0 radical (unpaired) electrons. The van der Waals surface area contributed by atoms with Gasteiger partial charge in [-0.3, -0.25) is 4.79 Å². The van der Waals surface area contributed by atoms with E-state index in [0.29, 0.717) is 18.5 Å². The molecule has 0 aliphatic carbocycles. The van der Waals surface area contributed by atoms with E-state index in [9.17, 15) is 18.0 Å². The van der Waals surface area contributed by atoms with Crippen molar-refractivity contribution in [1.82, 2.24) is 9.21 Å². The predicted molar refractivity (Wildman–Crippen MR) is 102 cm³/mol. The molecule has 3 rings (SSSR count). The van der Waals surface area contributed by atoms with Crippen LogP contribution in [-0.4, -0.2) is 55.7 Å². The molecule has 2 heterocycles. The summed E-state index contributed by atoms with van der Waals surface area (Å²) in [6.07, 6.45) is 4.05. The number of benzene rings is 1. The van der Waals surface area contributed by atoms with Crippen LogP contribution in [0.1, 0.15) is 32.1 Å². The standard InChI is InChI=1S/C18H26N4O4S/c19-17(23)14-8-12-22(13-9-14)27(25,26)16-6-4-15(5-7-16)20-18(24)21-10-2-1-3-11-21/h4-7,14H,1-3,8-13H2,(H2,19,23)(H,20,24). The Hall–Kier alpha value is -2.13. The van der Waals surface area contributed by atoms with E-state index >= 15 is 0 Å². The average Bonchev–Trinajstić information content (AvgIpc) is 2.69. The van der Waals surface area contributed by atoms with E-state index in [0.717, 1.165) is 32.4 Å². The second kappa shape index (κ2) is 8.26. The Bertz CT molecular complexity index is 780. The SMILES string of the molecule is NC(=O)C1CCN(S(=O)(=O)c2ccc(NC(=O)N3CCCCC3)cc2)CC1. The minimum Gasteiger partial charge on any atom is -0.369 e. The Morgan fingerprint density at radius 1 is 0.963 bits per heavy atom. The molecule has 3 N–H and O–H groups in total. The van der Waals surface area contributed by atoms with Gasteiger partial charge in [-0.2, -0.15) is 4.31 Å². The quantitative estimate of drug-likeness (QED) is 0.807. The van der Waals surface area contributed by atoms with Gasteiger partial charge in [0.05, 0.1) is 4.90 Å². The molecule has 0 saturated carbocycles. The summed E-state index contributed by atoms with van der Waals surface area (Å²) < 4.78 is 26.9. The molecule has 9 heteroatoms. The van der Waals surface area contributed by atoms with Crippen molar-refractivity contribution in [2.24, 2.45) is 11.7 Å². The molecule has 0 aromatic heterocycles. The van der Waals surface area contributed by atoms with Gasteiger partial charge in [0, 0.05) is 37.8 Å². The highest BCUT2D eigenvalue weighted by atomic mass is 32.2. The van der Waals surface area contributed by atoms with E-state index in [2.05, 4.69) is 5.32 Å². The van der Waals surface area contributed by atoms with Crippen molar-refractivity contribution in [3.8, 4) is 0 Å². The third-order valence-corrected chi connectivity index (χ3v) is 7.16. The molecule has 2 aliphatic rings. The summed E-state index contributed by atoms with van der Waals surface area (Å²) in [5.74, 6) is -0.635. The van der Waals surface area contributed by atoms with Gasteiger partial charge >= 0.3 is 6.03 Å². The van der Waals surface area contributed by atoms with E-state index in [1.807, 2.05) is 0 Å². The normalized spacial score (nSPS) is 19.6. The molecule has 0 atom stereocenters. The maximum absolute atomic E-state index is 12.8. The number of anilines is 1. The van der Waals surface area contributed by atoms with Gasteiger partial charge in [-0.15, -0.1) is 0 Å². The van der Waals surface area contributed by atoms with Crippen LogP contribution in [0.5, 0.6) is 0 Å². The molecule has 27 heavy (non-hydrogen) atoms. The molecule has 0 spiro atoms. The van der Waals surface area contributed by atoms with Gasteiger partial charge in [-0.1, -0.05) is 0 Å². The van der Waals surface area contributed by atoms with E-state index < -0.39 is 10.0 Å². The molecule has 2 fully saturated rings. The number of sulfonamides is 1. The second-order valence-electron chi connectivity index (χ2n) is 7.08. The van der Waals surface area contributed by atoms with Gasteiger partial charge in [-0.05, 0) is 56.4 Å². The van der Waals surface area contributed by atoms with E-state index in [4.69, 9.17) is 5.73 Å². The molecule has 0 unspecified atom stereocenters. The number of hydrogen-bond donors (Lipinski definition) is 2. The summed E-state index contributed by atoms with van der Waals surface area (Å²) in [6, 6.07) is 6.05. The highest BCUT2D eigenvalue weighted by Gasteiger charge is 2.31. The summed E-state index contributed by atoms with van der Waals surface area (Å²) >= 11 is 0. The summed E-state index contributed by atoms with van der Waals surface area (Å²) in [4.78, 5) is 25.4. The number of primary amides is 1. The average molecular weight is 394 g/mol. The summed E-state index contributed by atoms with van der Waals surface area (Å²) in [5.41, 5.74) is 5.86. The van der Waals surface area contributed by atoms with Gasteiger partial charge in [-0.25, -0.2) is 13.2 Å². The van der Waals surface area contributed by atoms with Gasteiger partial charge in [0.25, 0.3) is 0 Å². The first kappa shape index (κ1) is 19.6. The van der Waals surface area contributed by atoms with Crippen LogP contribution in [0.15, 0.2) is 29.2 Å². The van der Waals surface area contributed by atoms with Crippen molar-refractivity contribution < 1.29 is 18.0 Å². The number of rotatable bonds is 4. The fraction of sp³-hybridized carbons (Fsp3) is 0.556. The van der Waals surface area contributed by atoms with Gasteiger partial charge in [0.2, 0.25) is 15.9 Å². The molecular weight excluding hydrogens is 368 g/mol. The maximum atomic E-state index is 12.8. The van der Waals surface area contributed by atoms with Gasteiger partial charge < -0.3 is 16.0 Å². The lowest BCUT2D eigenvalue weighted by atomic mass is 9.98. The van der Waals surface area contributed by atoms with E-state index in [1.165, 1.54) is 16.4 Å². The number of carbonyl (C=O) groups is 2. The molecule has 2 aliphatic heterocycles. The third kappa shape index (κ3) is 4.59. The Labute approximate surface area is 159 Å². The maximum Gasteiger partial charge on any atom is 0.321 e. The Morgan fingerprint density at radius 2 is 1.56 bits per heavy atom. The topological polar surface area (TPSA) is 113 Å². The number of carbonyl (C=O) groups excluding carboxylic acids is 2. The second-order valence-corrected chi connectivity index (χ2v) is 9.02. The van der Waals surface area contributed by atoms with Crippen LogP contribution in [0.25, 0.3) is 0 Å². The van der Waals surface area contributed by atoms with E-state index in [1.54, 1.807) is 17.0 Å². The highest BCUT2D eigenvalue weighted by molar-refractivity contribution is 7.89. The van der Waals surface area contributed by atoms with Crippen molar-refractivity contribution in [3.05, 3.63) is 24.3 Å². The number of amides is 3. The van der Waals surface area contributed by atoms with Crippen molar-refractivity contribution in [1.29, 1.82) is 0 Å². The predicted octanol–water partition coefficient (Wildman–Crippen LogP) is 1.59. The number of likely N-dealkylation sites (tertiary alicyclic amines) is 1. The minimum absolute atomic E-state index is 0.154. The Morgan fingerprint density at radius 3 is 2.11 bits per heavy atom. The van der Waals surface area contributed by atoms with Crippen molar-refractivity contribution in [2.45, 2.75) is 37.0 Å². The minimum atomic E-state index is -3.62. The zero-order chi connectivity index (χ0) is 19.4. The smallest absolute Gasteiger partial charge is 0.321 e. The molecule has 8 nitrogen and oxygen atoms in total. The number of hydrogen-bond acceptors (Lipinski definition) is 4. The number of nitrogens with one attached hydrogen (secondary N) is 1. The Balaban J connectivity index is 1.62. The lowest BCUT2D eigenvalue weighted by molar-refractivity contribution is -0.122. The Kier molecular flexibility index (Phi) is 6.01. The molecule has 1 aromatic carbocycles. The number of urea groups is 1. The molecular formula is C18H26N4O4S. The first-order valence-electron chi connectivity index (χ1n) is 9.33. The fourth-order valence-corrected chi connectivity index (χ4v) is 5.01. The molecule has 2 saturated heterocycles.